The molecule has 2 saturated heterocycles. The van der Waals surface area contributed by atoms with Crippen LogP contribution in [0.1, 0.15) is 90.6 Å². The topological polar surface area (TPSA) is 181 Å². The van der Waals surface area contributed by atoms with Gasteiger partial charge < -0.3 is 39.0 Å². The summed E-state index contributed by atoms with van der Waals surface area (Å²) in [5.41, 5.74) is 6.34. The fourth-order valence-electron chi connectivity index (χ4n) is 9.47. The van der Waals surface area contributed by atoms with Crippen LogP contribution in [0.5, 0.6) is 0 Å². The Kier molecular flexibility index (Phi) is 13.9. The minimum atomic E-state index is -2.21. The highest BCUT2D eigenvalue weighted by atomic mass is 32.1. The molecule has 3 aromatic heterocycles. The van der Waals surface area contributed by atoms with E-state index in [-0.39, 0.29) is 62.6 Å². The number of ether oxygens (including phenoxy) is 3. The highest BCUT2D eigenvalue weighted by Crippen LogP contribution is 2.42. The molecule has 0 radical (unpaired) electrons. The second kappa shape index (κ2) is 18.9. The van der Waals surface area contributed by atoms with Crippen LogP contribution in [0.4, 0.5) is 4.79 Å². The number of aryl methyl sites for hydroxylation is 1. The zero-order valence-electron chi connectivity index (χ0n) is 38.8. The first-order valence-corrected chi connectivity index (χ1v) is 23.3. The molecule has 64 heavy (non-hydrogen) atoms. The number of amides is 4. The first-order chi connectivity index (χ1) is 30.4. The van der Waals surface area contributed by atoms with Crippen molar-refractivity contribution in [2.24, 2.45) is 11.3 Å². The van der Waals surface area contributed by atoms with Crippen molar-refractivity contribution >= 4 is 46.1 Å². The molecule has 1 aromatic carbocycles. The van der Waals surface area contributed by atoms with Crippen molar-refractivity contribution in [3.63, 3.8) is 0 Å². The van der Waals surface area contributed by atoms with Crippen LogP contribution in [0, 0.1) is 11.3 Å². The third-order valence-corrected chi connectivity index (χ3v) is 13.6. The first-order valence-electron chi connectivity index (χ1n) is 22.4. The fraction of sp³-hybridized carbons (Fsp3) is 0.574. The summed E-state index contributed by atoms with van der Waals surface area (Å²) >= 11 is 1.37. The molecule has 17 heteroatoms. The number of morpholine rings is 1. The van der Waals surface area contributed by atoms with Gasteiger partial charge in [0.25, 0.3) is 5.91 Å². The van der Waals surface area contributed by atoms with E-state index in [1.165, 1.54) is 21.2 Å². The van der Waals surface area contributed by atoms with Crippen molar-refractivity contribution in [1.82, 2.24) is 40.1 Å². The predicted molar refractivity (Wildman–Crippen MR) is 244 cm³/mol. The molecule has 16 nitrogen and oxygen atoms in total. The molecule has 4 aromatic rings. The molecular weight excluding hydrogens is 837 g/mol. The summed E-state index contributed by atoms with van der Waals surface area (Å²) in [6.07, 6.45) is 2.28. The Bertz CT molecular complexity index is 2370. The number of aromatic nitrogens is 3. The van der Waals surface area contributed by atoms with Gasteiger partial charge in [-0.25, -0.2) is 14.6 Å². The van der Waals surface area contributed by atoms with E-state index < -0.39 is 41.0 Å². The Hall–Kier alpha value is -4.94. The van der Waals surface area contributed by atoms with Gasteiger partial charge in [-0.05, 0) is 76.3 Å². The Morgan fingerprint density at radius 1 is 1.14 bits per heavy atom. The quantitative estimate of drug-likeness (QED) is 0.185. The van der Waals surface area contributed by atoms with Crippen molar-refractivity contribution in [2.75, 3.05) is 40.5 Å². The Morgan fingerprint density at radius 3 is 2.56 bits per heavy atom. The lowest BCUT2D eigenvalue weighted by molar-refractivity contribution is -0.189. The minimum Gasteiger partial charge on any atom is -0.462 e. The average molecular weight is 901 g/mol. The maximum atomic E-state index is 14.6. The number of urea groups is 1. The van der Waals surface area contributed by atoms with E-state index in [4.69, 9.17) is 24.2 Å². The van der Waals surface area contributed by atoms with Crippen molar-refractivity contribution in [3.8, 4) is 22.5 Å². The van der Waals surface area contributed by atoms with Gasteiger partial charge in [-0.1, -0.05) is 33.8 Å². The van der Waals surface area contributed by atoms with Crippen LogP contribution in [0.2, 0.25) is 0 Å². The molecule has 0 unspecified atom stereocenters. The fourth-order valence-corrected chi connectivity index (χ4v) is 10.3. The third-order valence-electron chi connectivity index (χ3n) is 12.8. The highest BCUT2D eigenvalue weighted by molar-refractivity contribution is 7.10. The number of pyridine rings is 1. The normalized spacial score (nSPS) is 24.0. The molecule has 2 fully saturated rings. The van der Waals surface area contributed by atoms with Crippen molar-refractivity contribution < 1.29 is 38.5 Å². The molecule has 3 N–H and O–H groups in total. The van der Waals surface area contributed by atoms with Gasteiger partial charge in [-0.15, -0.1) is 11.3 Å². The lowest BCUT2D eigenvalue weighted by atomic mass is 9.84. The van der Waals surface area contributed by atoms with Gasteiger partial charge in [-0.3, -0.25) is 19.6 Å². The number of hydrazine groups is 1. The van der Waals surface area contributed by atoms with Gasteiger partial charge in [0.1, 0.15) is 12.1 Å². The first kappa shape index (κ1) is 47.0. The number of fused-ring (bicyclic) bond motifs is 6. The summed E-state index contributed by atoms with van der Waals surface area (Å²) in [4.78, 5) is 70.1. The van der Waals surface area contributed by atoms with E-state index in [1.807, 2.05) is 66.0 Å². The van der Waals surface area contributed by atoms with Gasteiger partial charge >= 0.3 is 12.0 Å². The van der Waals surface area contributed by atoms with E-state index in [0.717, 1.165) is 39.0 Å². The van der Waals surface area contributed by atoms with Crippen LogP contribution in [0.3, 0.4) is 0 Å². The maximum absolute atomic E-state index is 14.6. The lowest BCUT2D eigenvalue weighted by Crippen LogP contribution is -2.67. The van der Waals surface area contributed by atoms with Crippen LogP contribution in [0.25, 0.3) is 33.4 Å². The number of likely N-dealkylation sites (N-methyl/N-ethyl adjacent to an activating group) is 1. The summed E-state index contributed by atoms with van der Waals surface area (Å²) in [6, 6.07) is 7.47. The zero-order chi connectivity index (χ0) is 46.2. The number of nitrogens with one attached hydrogen (secondary N) is 2. The van der Waals surface area contributed by atoms with E-state index in [2.05, 4.69) is 40.4 Å². The number of thiazole rings is 1. The number of rotatable bonds is 8. The summed E-state index contributed by atoms with van der Waals surface area (Å²) in [5.74, 6) is -2.31. The predicted octanol–water partition coefficient (Wildman–Crippen LogP) is 5.71. The largest absolute Gasteiger partial charge is 0.462 e. The summed E-state index contributed by atoms with van der Waals surface area (Å²) < 4.78 is 19.7. The molecule has 346 valence electrons. The number of aliphatic hydroxyl groups is 1. The number of hydrogen-bond donors (Lipinski definition) is 3. The molecule has 6 bridgehead atoms. The number of hydrogen-bond acceptors (Lipinski definition) is 12. The number of cyclic esters (lactones) is 1. The van der Waals surface area contributed by atoms with Crippen LogP contribution in [-0.2, 0) is 48.0 Å². The molecule has 6 atom stereocenters. The number of carbonyl (C=O) groups excluding carboxylic acids is 4. The maximum Gasteiger partial charge on any atom is 0.355 e. The molecule has 4 amide bonds. The molecule has 6 heterocycles. The lowest BCUT2D eigenvalue weighted by Gasteiger charge is -2.43. The van der Waals surface area contributed by atoms with Crippen molar-refractivity contribution in [2.45, 2.75) is 124 Å². The summed E-state index contributed by atoms with van der Waals surface area (Å²) in [5, 5.41) is 19.6. The Labute approximate surface area is 379 Å². The Balaban J connectivity index is 1.31. The van der Waals surface area contributed by atoms with Crippen LogP contribution >= 0.6 is 11.3 Å². The molecular formula is C47H64N8O8S. The second-order valence-corrected chi connectivity index (χ2v) is 19.7. The van der Waals surface area contributed by atoms with E-state index in [9.17, 15) is 24.3 Å². The molecule has 7 rings (SSSR count). The monoisotopic (exact) mass is 900 g/mol. The van der Waals surface area contributed by atoms with Crippen molar-refractivity contribution in [3.05, 3.63) is 58.2 Å². The molecule has 3 aliphatic rings. The number of benzene rings is 1. The van der Waals surface area contributed by atoms with Crippen LogP contribution in [-0.4, -0.2) is 129 Å². The highest BCUT2D eigenvalue weighted by Gasteiger charge is 2.46. The number of carbonyl (C=O) groups is 4. The summed E-state index contributed by atoms with van der Waals surface area (Å²) in [6.45, 7) is 17.2. The van der Waals surface area contributed by atoms with Gasteiger partial charge in [0.15, 0.2) is 0 Å². The zero-order valence-corrected chi connectivity index (χ0v) is 39.6. The van der Waals surface area contributed by atoms with Gasteiger partial charge in [0.2, 0.25) is 11.6 Å². The van der Waals surface area contributed by atoms with E-state index in [0.29, 0.717) is 36.9 Å². The standard InChI is InChI=1S/C47H64N8O8S/c1-11-53-37-16-15-31-20-33(37)34(41(53)32-14-12-18-48-39(32)30(6)61-10)22-46(7,8)26-63-44(58)47(60)17-13-19-54(51-47)43(57)35(21-38-49-36(31)25-64-38)50-42(56)40(27(2)3)52(9)45(59)55-28(4)23-62-24-29(55)5/h12,14-16,18,20,25,27-30,35,40,51,60H,11,13,17,19,21-24,26H2,1-10H3,(H,50,56)/t28-,29-,30+,35+,40+,47+/m1/s1. The van der Waals surface area contributed by atoms with Gasteiger partial charge in [0, 0.05) is 79.1 Å². The number of esters is 1. The van der Waals surface area contributed by atoms with E-state index >= 15 is 0 Å². The van der Waals surface area contributed by atoms with Crippen molar-refractivity contribution in [1.29, 1.82) is 0 Å². The molecule has 0 saturated carbocycles. The molecule has 0 aliphatic carbocycles. The smallest absolute Gasteiger partial charge is 0.355 e. The third kappa shape index (κ3) is 9.27. The van der Waals surface area contributed by atoms with E-state index in [1.54, 1.807) is 25.3 Å². The number of methoxy groups -OCH3 is 1. The van der Waals surface area contributed by atoms with Gasteiger partial charge in [-0.2, -0.15) is 5.43 Å². The summed E-state index contributed by atoms with van der Waals surface area (Å²) in [7, 11) is 3.28. The molecule has 0 spiro atoms. The molecule has 3 aliphatic heterocycles. The van der Waals surface area contributed by atoms with Crippen LogP contribution < -0.4 is 10.7 Å². The minimum absolute atomic E-state index is 0.00199. The van der Waals surface area contributed by atoms with Gasteiger partial charge in [0.05, 0.1) is 60.1 Å². The Morgan fingerprint density at radius 2 is 1.88 bits per heavy atom. The average Bonchev–Trinajstić information content (AvgIpc) is 3.85. The number of nitrogens with zero attached hydrogens (tertiary/aromatic N) is 6. The van der Waals surface area contributed by atoms with Crippen LogP contribution in [0.15, 0.2) is 41.9 Å². The second-order valence-electron chi connectivity index (χ2n) is 18.7. The SMILES string of the molecule is CCn1c(-c2cccnc2[C@H](C)OC)c2c3cc(ccc31)-c1csc(n1)C[C@H](NC(=O)[C@H](C(C)C)N(C)C(=O)N1[C@H](C)COC[C@H]1C)C(=O)N1CCC[C@@](O)(N1)C(=O)OCC(C)(C)C2.